The zero-order chi connectivity index (χ0) is 12.0. The molecule has 3 nitrogen and oxygen atoms in total. The molecule has 0 bridgehead atoms. The van der Waals surface area contributed by atoms with Crippen LogP contribution in [0.25, 0.3) is 0 Å². The highest BCUT2D eigenvalue weighted by Gasteiger charge is 2.15. The third-order valence-corrected chi connectivity index (χ3v) is 2.95. The predicted molar refractivity (Wildman–Crippen MR) is 66.5 cm³/mol. The molecule has 0 fully saturated rings. The summed E-state index contributed by atoms with van der Waals surface area (Å²) in [5.74, 6) is 0.517. The molecule has 16 heavy (non-hydrogen) atoms. The second-order valence-electron chi connectivity index (χ2n) is 3.31. The first-order valence-corrected chi connectivity index (χ1v) is 6.16. The van der Waals surface area contributed by atoms with E-state index < -0.39 is 6.04 Å². The van der Waals surface area contributed by atoms with E-state index in [4.69, 9.17) is 0 Å². The molecule has 0 saturated carbocycles. The Morgan fingerprint density at radius 2 is 1.94 bits per heavy atom. The monoisotopic (exact) mass is 237 g/mol. The fraction of sp³-hybridized carbons (Fsp3) is 0.333. The Labute approximate surface area is 99.6 Å². The first-order chi connectivity index (χ1) is 7.65. The molecule has 1 atom stereocenters. The lowest BCUT2D eigenvalue weighted by molar-refractivity contribution is -0.112. The molecule has 1 N–H and O–H groups in total. The summed E-state index contributed by atoms with van der Waals surface area (Å²) in [6.45, 7) is 3.61. The van der Waals surface area contributed by atoms with Gasteiger partial charge in [0.2, 0.25) is 5.12 Å². The van der Waals surface area contributed by atoms with Crippen LogP contribution in [-0.4, -0.2) is 22.8 Å². The number of carbonyl (C=O) groups excluding carboxylic acids is 2. The maximum Gasteiger partial charge on any atom is 0.251 e. The third-order valence-electron chi connectivity index (χ3n) is 2.02. The Hall–Kier alpha value is -1.29. The van der Waals surface area contributed by atoms with Crippen LogP contribution in [0.15, 0.2) is 30.3 Å². The quantitative estimate of drug-likeness (QED) is 0.872. The van der Waals surface area contributed by atoms with Gasteiger partial charge in [0, 0.05) is 5.56 Å². The van der Waals surface area contributed by atoms with E-state index in [0.717, 1.165) is 5.75 Å². The van der Waals surface area contributed by atoms with Gasteiger partial charge in [-0.1, -0.05) is 36.9 Å². The molecule has 4 heteroatoms. The van der Waals surface area contributed by atoms with E-state index in [0.29, 0.717) is 5.56 Å². The number of carbonyl (C=O) groups is 2. The summed E-state index contributed by atoms with van der Waals surface area (Å²) in [6, 6.07) is 8.43. The van der Waals surface area contributed by atoms with Crippen molar-refractivity contribution in [2.75, 3.05) is 5.75 Å². The standard InChI is InChI=1S/C12H15NO2S/c1-3-16-12(15)9(2)13-11(14)10-7-5-4-6-8-10/h4-9H,3H2,1-2H3,(H,13,14)/t9-/m1/s1. The molecule has 1 aromatic rings. The lowest BCUT2D eigenvalue weighted by atomic mass is 10.2. The number of benzene rings is 1. The average molecular weight is 237 g/mol. The summed E-state index contributed by atoms with van der Waals surface area (Å²) in [7, 11) is 0. The van der Waals surface area contributed by atoms with Crippen molar-refractivity contribution < 1.29 is 9.59 Å². The van der Waals surface area contributed by atoms with Crippen molar-refractivity contribution in [2.45, 2.75) is 19.9 Å². The molecule has 0 aliphatic carbocycles. The lowest BCUT2D eigenvalue weighted by Crippen LogP contribution is -2.37. The number of nitrogens with one attached hydrogen (secondary N) is 1. The van der Waals surface area contributed by atoms with Crippen molar-refractivity contribution in [1.29, 1.82) is 0 Å². The highest BCUT2D eigenvalue weighted by Crippen LogP contribution is 2.06. The highest BCUT2D eigenvalue weighted by molar-refractivity contribution is 8.13. The molecule has 0 radical (unpaired) electrons. The van der Waals surface area contributed by atoms with E-state index >= 15 is 0 Å². The number of hydrogen-bond acceptors (Lipinski definition) is 3. The molecule has 1 amide bonds. The van der Waals surface area contributed by atoms with Crippen LogP contribution in [0.5, 0.6) is 0 Å². The van der Waals surface area contributed by atoms with Crippen molar-refractivity contribution in [3.8, 4) is 0 Å². The van der Waals surface area contributed by atoms with E-state index in [1.807, 2.05) is 13.0 Å². The minimum absolute atomic E-state index is 0.00761. The van der Waals surface area contributed by atoms with Gasteiger partial charge in [-0.2, -0.15) is 0 Å². The van der Waals surface area contributed by atoms with E-state index in [2.05, 4.69) is 5.32 Å². The van der Waals surface area contributed by atoms with Crippen molar-refractivity contribution in [1.82, 2.24) is 5.32 Å². The lowest BCUT2D eigenvalue weighted by Gasteiger charge is -2.11. The van der Waals surface area contributed by atoms with Crippen molar-refractivity contribution in [2.24, 2.45) is 0 Å². The van der Waals surface area contributed by atoms with Gasteiger partial charge in [-0.05, 0) is 24.8 Å². The van der Waals surface area contributed by atoms with Crippen molar-refractivity contribution >= 4 is 22.8 Å². The van der Waals surface area contributed by atoms with E-state index in [1.54, 1.807) is 31.2 Å². The maximum atomic E-state index is 11.7. The predicted octanol–water partition coefficient (Wildman–Crippen LogP) is 2.08. The van der Waals surface area contributed by atoms with Gasteiger partial charge in [0.25, 0.3) is 5.91 Å². The Bertz CT molecular complexity index is 365. The van der Waals surface area contributed by atoms with Crippen LogP contribution in [0.2, 0.25) is 0 Å². The number of rotatable bonds is 4. The molecule has 0 aliphatic rings. The average Bonchev–Trinajstić information content (AvgIpc) is 2.30. The second kappa shape index (κ2) is 6.33. The SMILES string of the molecule is CCSC(=O)[C@@H](C)NC(=O)c1ccccc1. The first kappa shape index (κ1) is 12.8. The van der Waals surface area contributed by atoms with Crippen LogP contribution in [0.3, 0.4) is 0 Å². The smallest absolute Gasteiger partial charge is 0.251 e. The van der Waals surface area contributed by atoms with E-state index in [9.17, 15) is 9.59 Å². The molecule has 86 valence electrons. The summed E-state index contributed by atoms with van der Waals surface area (Å²) in [4.78, 5) is 23.1. The van der Waals surface area contributed by atoms with Gasteiger partial charge < -0.3 is 5.32 Å². The fourth-order valence-electron chi connectivity index (χ4n) is 1.20. The Balaban J connectivity index is 2.55. The minimum Gasteiger partial charge on any atom is -0.342 e. The number of thioether (sulfide) groups is 1. The van der Waals surface area contributed by atoms with Crippen LogP contribution in [0, 0.1) is 0 Å². The zero-order valence-electron chi connectivity index (χ0n) is 9.40. The maximum absolute atomic E-state index is 11.7. The van der Waals surface area contributed by atoms with Gasteiger partial charge in [0.05, 0.1) is 6.04 Å². The minimum atomic E-state index is -0.447. The fourth-order valence-corrected chi connectivity index (χ4v) is 1.79. The zero-order valence-corrected chi connectivity index (χ0v) is 10.2. The molecule has 0 unspecified atom stereocenters. The highest BCUT2D eigenvalue weighted by atomic mass is 32.2. The van der Waals surface area contributed by atoms with E-state index in [1.165, 1.54) is 11.8 Å². The Kier molecular flexibility index (Phi) is 5.05. The van der Waals surface area contributed by atoms with Gasteiger partial charge in [-0.3, -0.25) is 9.59 Å². The largest absolute Gasteiger partial charge is 0.342 e. The molecule has 0 spiro atoms. The molecule has 0 saturated heterocycles. The van der Waals surface area contributed by atoms with Gasteiger partial charge in [-0.15, -0.1) is 0 Å². The third kappa shape index (κ3) is 3.70. The van der Waals surface area contributed by atoms with Crippen LogP contribution in [-0.2, 0) is 4.79 Å². The van der Waals surface area contributed by atoms with E-state index in [-0.39, 0.29) is 11.0 Å². The summed E-state index contributed by atoms with van der Waals surface area (Å²) in [5.41, 5.74) is 0.573. The van der Waals surface area contributed by atoms with Gasteiger partial charge in [-0.25, -0.2) is 0 Å². The van der Waals surface area contributed by atoms with Crippen LogP contribution in [0.1, 0.15) is 24.2 Å². The summed E-state index contributed by atoms with van der Waals surface area (Å²) in [6.07, 6.45) is 0. The molecule has 1 rings (SSSR count). The summed E-state index contributed by atoms with van der Waals surface area (Å²) in [5, 5.41) is 2.66. The van der Waals surface area contributed by atoms with Gasteiger partial charge in [0.1, 0.15) is 0 Å². The normalized spacial score (nSPS) is 11.9. The van der Waals surface area contributed by atoms with Crippen molar-refractivity contribution in [3.05, 3.63) is 35.9 Å². The van der Waals surface area contributed by atoms with Crippen LogP contribution < -0.4 is 5.32 Å². The Morgan fingerprint density at radius 3 is 2.50 bits per heavy atom. The Morgan fingerprint density at radius 1 is 1.31 bits per heavy atom. The molecule has 0 aliphatic heterocycles. The molecule has 1 aromatic carbocycles. The molecular formula is C12H15NO2S. The van der Waals surface area contributed by atoms with Gasteiger partial charge in [0.15, 0.2) is 0 Å². The molecule has 0 aromatic heterocycles. The number of amides is 1. The van der Waals surface area contributed by atoms with Crippen LogP contribution >= 0.6 is 11.8 Å². The molecular weight excluding hydrogens is 222 g/mol. The summed E-state index contributed by atoms with van der Waals surface area (Å²) < 4.78 is 0. The van der Waals surface area contributed by atoms with Crippen LogP contribution in [0.4, 0.5) is 0 Å². The topological polar surface area (TPSA) is 46.2 Å². The number of hydrogen-bond donors (Lipinski definition) is 1. The van der Waals surface area contributed by atoms with Gasteiger partial charge >= 0.3 is 0 Å². The van der Waals surface area contributed by atoms with Crippen molar-refractivity contribution in [3.63, 3.8) is 0 Å². The molecule has 0 heterocycles. The first-order valence-electron chi connectivity index (χ1n) is 5.17. The second-order valence-corrected chi connectivity index (χ2v) is 4.58. The summed E-state index contributed by atoms with van der Waals surface area (Å²) >= 11 is 1.22.